The Bertz CT molecular complexity index is 359. The highest BCUT2D eigenvalue weighted by Gasteiger charge is 2.16. The Morgan fingerprint density at radius 2 is 2.25 bits per heavy atom. The van der Waals surface area contributed by atoms with Gasteiger partial charge < -0.3 is 5.11 Å². The fourth-order valence-electron chi connectivity index (χ4n) is 1.88. The number of hydrogen-bond acceptors (Lipinski definition) is 4. The Morgan fingerprint density at radius 3 is 2.94 bits per heavy atom. The Labute approximate surface area is 103 Å². The smallest absolute Gasteiger partial charge is 0.309 e. The molecule has 0 saturated carbocycles. The standard InChI is InChI=1S/C11H15NO2S2/c13-11(14)6-9-7-16-10(12-9)5-8-1-3-15-4-2-8/h7-8H,1-6H2,(H,13,14). The summed E-state index contributed by atoms with van der Waals surface area (Å²) in [7, 11) is 0. The molecule has 1 saturated heterocycles. The van der Waals surface area contributed by atoms with E-state index in [0.717, 1.165) is 17.3 Å². The van der Waals surface area contributed by atoms with Crippen molar-refractivity contribution < 1.29 is 9.90 Å². The minimum atomic E-state index is -0.800. The van der Waals surface area contributed by atoms with Gasteiger partial charge in [-0.2, -0.15) is 11.8 Å². The number of carbonyl (C=O) groups is 1. The highest BCUT2D eigenvalue weighted by molar-refractivity contribution is 7.99. The molecule has 0 unspecified atom stereocenters. The first-order chi connectivity index (χ1) is 7.74. The Balaban J connectivity index is 1.88. The van der Waals surface area contributed by atoms with Crippen LogP contribution >= 0.6 is 23.1 Å². The lowest BCUT2D eigenvalue weighted by molar-refractivity contribution is -0.136. The quantitative estimate of drug-likeness (QED) is 0.900. The SMILES string of the molecule is O=C(O)Cc1csc(CC2CCSCC2)n1. The van der Waals surface area contributed by atoms with Gasteiger partial charge in [0.1, 0.15) is 0 Å². The first-order valence-corrected chi connectivity index (χ1v) is 7.50. The minimum Gasteiger partial charge on any atom is -0.481 e. The van der Waals surface area contributed by atoms with E-state index in [1.54, 1.807) is 11.3 Å². The summed E-state index contributed by atoms with van der Waals surface area (Å²) in [6.45, 7) is 0. The van der Waals surface area contributed by atoms with E-state index in [-0.39, 0.29) is 6.42 Å². The topological polar surface area (TPSA) is 50.2 Å². The van der Waals surface area contributed by atoms with Crippen molar-refractivity contribution >= 4 is 29.1 Å². The van der Waals surface area contributed by atoms with Crippen molar-refractivity contribution in [1.82, 2.24) is 4.98 Å². The average molecular weight is 257 g/mol. The van der Waals surface area contributed by atoms with Crippen molar-refractivity contribution in [2.24, 2.45) is 5.92 Å². The van der Waals surface area contributed by atoms with Crippen molar-refractivity contribution in [3.8, 4) is 0 Å². The van der Waals surface area contributed by atoms with E-state index in [9.17, 15) is 4.79 Å². The van der Waals surface area contributed by atoms with Gasteiger partial charge in [0.05, 0.1) is 17.1 Å². The van der Waals surface area contributed by atoms with Gasteiger partial charge in [0, 0.05) is 11.8 Å². The molecule has 2 rings (SSSR count). The van der Waals surface area contributed by atoms with Crippen molar-refractivity contribution in [1.29, 1.82) is 0 Å². The van der Waals surface area contributed by atoms with Crippen LogP contribution in [0.15, 0.2) is 5.38 Å². The van der Waals surface area contributed by atoms with Crippen LogP contribution in [0, 0.1) is 5.92 Å². The predicted octanol–water partition coefficient (Wildman–Crippen LogP) is 2.46. The van der Waals surface area contributed by atoms with E-state index in [4.69, 9.17) is 5.11 Å². The highest BCUT2D eigenvalue weighted by Crippen LogP contribution is 2.26. The molecule has 3 nitrogen and oxygen atoms in total. The number of thioether (sulfide) groups is 1. The number of hydrogen-bond donors (Lipinski definition) is 1. The maximum absolute atomic E-state index is 10.5. The maximum atomic E-state index is 10.5. The number of rotatable bonds is 4. The van der Waals surface area contributed by atoms with Gasteiger partial charge in [-0.25, -0.2) is 4.98 Å². The molecule has 0 amide bonds. The van der Waals surface area contributed by atoms with E-state index >= 15 is 0 Å². The molecule has 88 valence electrons. The lowest BCUT2D eigenvalue weighted by Crippen LogP contribution is -2.12. The zero-order valence-electron chi connectivity index (χ0n) is 9.02. The predicted molar refractivity (Wildman–Crippen MR) is 67.2 cm³/mol. The first-order valence-electron chi connectivity index (χ1n) is 5.47. The third-order valence-corrected chi connectivity index (χ3v) is 4.70. The minimum absolute atomic E-state index is 0.0526. The van der Waals surface area contributed by atoms with Crippen LogP contribution < -0.4 is 0 Å². The van der Waals surface area contributed by atoms with Crippen LogP contribution in [0.2, 0.25) is 0 Å². The second kappa shape index (κ2) is 5.68. The van der Waals surface area contributed by atoms with Gasteiger partial charge in [-0.1, -0.05) is 0 Å². The zero-order valence-corrected chi connectivity index (χ0v) is 10.6. The largest absolute Gasteiger partial charge is 0.481 e. The molecule has 1 N–H and O–H groups in total. The summed E-state index contributed by atoms with van der Waals surface area (Å²) in [5, 5.41) is 11.6. The van der Waals surface area contributed by atoms with Gasteiger partial charge in [0.2, 0.25) is 0 Å². The first kappa shape index (κ1) is 11.9. The molecule has 1 fully saturated rings. The van der Waals surface area contributed by atoms with Crippen LogP contribution in [0.5, 0.6) is 0 Å². The third kappa shape index (κ3) is 3.49. The molecule has 0 atom stereocenters. The van der Waals surface area contributed by atoms with Crippen molar-refractivity contribution in [2.75, 3.05) is 11.5 Å². The molecular formula is C11H15NO2S2. The number of nitrogens with zero attached hydrogens (tertiary/aromatic N) is 1. The fourth-order valence-corrected chi connectivity index (χ4v) is 3.99. The van der Waals surface area contributed by atoms with Gasteiger partial charge >= 0.3 is 5.97 Å². The summed E-state index contributed by atoms with van der Waals surface area (Å²) in [4.78, 5) is 14.9. The van der Waals surface area contributed by atoms with E-state index in [1.165, 1.54) is 24.3 Å². The lowest BCUT2D eigenvalue weighted by Gasteiger charge is -2.19. The molecule has 0 bridgehead atoms. The van der Waals surface area contributed by atoms with Crippen LogP contribution in [0.1, 0.15) is 23.5 Å². The molecule has 16 heavy (non-hydrogen) atoms. The second-order valence-corrected chi connectivity index (χ2v) is 6.23. The van der Waals surface area contributed by atoms with Crippen LogP contribution in [-0.4, -0.2) is 27.6 Å². The van der Waals surface area contributed by atoms with Crippen LogP contribution in [0.25, 0.3) is 0 Å². The summed E-state index contributed by atoms with van der Waals surface area (Å²) < 4.78 is 0. The second-order valence-electron chi connectivity index (χ2n) is 4.06. The highest BCUT2D eigenvalue weighted by atomic mass is 32.2. The molecular weight excluding hydrogens is 242 g/mol. The molecule has 5 heteroatoms. The molecule has 0 radical (unpaired) electrons. The molecule has 1 aliphatic heterocycles. The molecule has 2 heterocycles. The lowest BCUT2D eigenvalue weighted by atomic mass is 9.99. The monoisotopic (exact) mass is 257 g/mol. The van der Waals surface area contributed by atoms with Gasteiger partial charge in [0.25, 0.3) is 0 Å². The van der Waals surface area contributed by atoms with Crippen molar-refractivity contribution in [3.05, 3.63) is 16.1 Å². The molecule has 0 spiro atoms. The normalized spacial score (nSPS) is 17.5. The summed E-state index contributed by atoms with van der Waals surface area (Å²) in [5.41, 5.74) is 0.706. The number of thiazole rings is 1. The van der Waals surface area contributed by atoms with Crippen molar-refractivity contribution in [3.63, 3.8) is 0 Å². The summed E-state index contributed by atoms with van der Waals surface area (Å²) in [6, 6.07) is 0. The number of aliphatic carboxylic acids is 1. The number of carboxylic acid groups (broad SMARTS) is 1. The van der Waals surface area contributed by atoms with Gasteiger partial charge in [-0.3, -0.25) is 4.79 Å². The van der Waals surface area contributed by atoms with Gasteiger partial charge in [0.15, 0.2) is 0 Å². The number of aromatic nitrogens is 1. The molecule has 1 aliphatic rings. The average Bonchev–Trinajstić information content (AvgIpc) is 2.66. The van der Waals surface area contributed by atoms with Crippen LogP contribution in [0.3, 0.4) is 0 Å². The van der Waals surface area contributed by atoms with E-state index in [0.29, 0.717) is 5.69 Å². The van der Waals surface area contributed by atoms with E-state index in [2.05, 4.69) is 4.98 Å². The van der Waals surface area contributed by atoms with Gasteiger partial charge in [-0.15, -0.1) is 11.3 Å². The molecule has 0 aliphatic carbocycles. The summed E-state index contributed by atoms with van der Waals surface area (Å²) in [5.74, 6) is 2.48. The van der Waals surface area contributed by atoms with Crippen LogP contribution in [0.4, 0.5) is 0 Å². The summed E-state index contributed by atoms with van der Waals surface area (Å²) in [6.07, 6.45) is 3.64. The van der Waals surface area contributed by atoms with Crippen molar-refractivity contribution in [2.45, 2.75) is 25.7 Å². The molecule has 1 aromatic rings. The maximum Gasteiger partial charge on any atom is 0.309 e. The van der Waals surface area contributed by atoms with Crippen LogP contribution in [-0.2, 0) is 17.6 Å². The summed E-state index contributed by atoms with van der Waals surface area (Å²) >= 11 is 3.63. The van der Waals surface area contributed by atoms with E-state index < -0.39 is 5.97 Å². The fraction of sp³-hybridized carbons (Fsp3) is 0.636. The molecule has 1 aromatic heterocycles. The van der Waals surface area contributed by atoms with Gasteiger partial charge in [-0.05, 0) is 30.3 Å². The Hall–Kier alpha value is -0.550. The third-order valence-electron chi connectivity index (χ3n) is 2.74. The Morgan fingerprint density at radius 1 is 1.50 bits per heavy atom. The molecule has 0 aromatic carbocycles. The van der Waals surface area contributed by atoms with E-state index in [1.807, 2.05) is 17.1 Å². The zero-order chi connectivity index (χ0) is 11.4. The Kier molecular flexibility index (Phi) is 4.23. The number of carboxylic acids is 1.